The Bertz CT molecular complexity index is 724. The second kappa shape index (κ2) is 6.06. The summed E-state index contributed by atoms with van der Waals surface area (Å²) in [5.41, 5.74) is -1.38. The van der Waals surface area contributed by atoms with Crippen molar-refractivity contribution < 1.29 is 19.2 Å². The maximum absolute atomic E-state index is 13.8. The minimum absolute atomic E-state index is 0.0761. The molecule has 0 atom stereocenters. The van der Waals surface area contributed by atoms with Crippen molar-refractivity contribution in [3.05, 3.63) is 57.0 Å². The number of hydrogen-bond donors (Lipinski definition) is 1. The Morgan fingerprint density at radius 2 is 2.14 bits per heavy atom. The van der Waals surface area contributed by atoms with Crippen LogP contribution in [0.3, 0.4) is 0 Å². The third kappa shape index (κ3) is 3.47. The molecule has 0 saturated heterocycles. The van der Waals surface area contributed by atoms with Gasteiger partial charge < -0.3 is 5.11 Å². The highest BCUT2D eigenvalue weighted by Crippen LogP contribution is 2.33. The van der Waals surface area contributed by atoms with E-state index in [0.717, 1.165) is 17.8 Å². The van der Waals surface area contributed by atoms with Crippen LogP contribution in [-0.4, -0.2) is 21.0 Å². The van der Waals surface area contributed by atoms with Gasteiger partial charge in [0, 0.05) is 6.20 Å². The molecule has 6 nitrogen and oxygen atoms in total. The molecule has 0 radical (unpaired) electrons. The Morgan fingerprint density at radius 3 is 2.67 bits per heavy atom. The first-order valence-corrected chi connectivity index (χ1v) is 6.58. The van der Waals surface area contributed by atoms with Gasteiger partial charge in [-0.3, -0.25) is 10.1 Å². The van der Waals surface area contributed by atoms with Gasteiger partial charge in [0.2, 0.25) is 0 Å². The quantitative estimate of drug-likeness (QED) is 0.680. The van der Waals surface area contributed by atoms with Crippen LogP contribution in [0.15, 0.2) is 40.4 Å². The molecule has 0 fully saturated rings. The van der Waals surface area contributed by atoms with Crippen LogP contribution in [0.2, 0.25) is 5.02 Å². The predicted molar refractivity (Wildman–Crippen MR) is 73.4 cm³/mol. The molecule has 2 aromatic rings. The van der Waals surface area contributed by atoms with E-state index in [1.165, 1.54) is 18.3 Å². The van der Waals surface area contributed by atoms with Crippen molar-refractivity contribution in [3.8, 4) is 0 Å². The van der Waals surface area contributed by atoms with Crippen LogP contribution in [0.5, 0.6) is 0 Å². The van der Waals surface area contributed by atoms with Gasteiger partial charge in [0.05, 0.1) is 20.9 Å². The average Bonchev–Trinajstić information content (AvgIpc) is 2.42. The van der Waals surface area contributed by atoms with Crippen molar-refractivity contribution in [2.24, 2.45) is 0 Å². The number of pyridine rings is 1. The summed E-state index contributed by atoms with van der Waals surface area (Å²) in [7, 11) is 0. The van der Waals surface area contributed by atoms with Gasteiger partial charge in [-0.2, -0.15) is 0 Å². The smallest absolute Gasteiger partial charge is 0.342 e. The summed E-state index contributed by atoms with van der Waals surface area (Å²) in [5, 5.41) is 20.5. The molecular formula is C12H6ClFN2O4S. The monoisotopic (exact) mass is 328 g/mol. The lowest BCUT2D eigenvalue weighted by Gasteiger charge is -2.05. The number of benzene rings is 1. The molecule has 9 heteroatoms. The lowest BCUT2D eigenvalue weighted by atomic mass is 10.2. The fraction of sp³-hybridized carbons (Fsp3) is 0. The van der Waals surface area contributed by atoms with Crippen molar-refractivity contribution in [2.75, 3.05) is 0 Å². The molecule has 0 aliphatic rings. The molecular weight excluding hydrogens is 323 g/mol. The highest BCUT2D eigenvalue weighted by molar-refractivity contribution is 7.99. The number of hydrogen-bond acceptors (Lipinski definition) is 5. The Balaban J connectivity index is 2.44. The molecule has 0 spiro atoms. The fourth-order valence-corrected chi connectivity index (χ4v) is 2.39. The van der Waals surface area contributed by atoms with Crippen molar-refractivity contribution in [1.82, 2.24) is 4.98 Å². The second-order valence-corrected chi connectivity index (χ2v) is 5.28. The maximum Gasteiger partial charge on any atom is 0.342 e. The van der Waals surface area contributed by atoms with Crippen molar-refractivity contribution in [3.63, 3.8) is 0 Å². The molecule has 1 heterocycles. The number of carboxylic acid groups (broad SMARTS) is 1. The van der Waals surface area contributed by atoms with E-state index in [1.54, 1.807) is 0 Å². The van der Waals surface area contributed by atoms with E-state index < -0.39 is 28.0 Å². The molecule has 1 N–H and O–H groups in total. The maximum atomic E-state index is 13.8. The third-order valence-corrected chi connectivity index (χ3v) is 3.60. The number of nitro benzene ring substituents is 1. The molecule has 0 bridgehead atoms. The van der Waals surface area contributed by atoms with E-state index >= 15 is 0 Å². The lowest BCUT2D eigenvalue weighted by Crippen LogP contribution is -2.04. The zero-order valence-corrected chi connectivity index (χ0v) is 11.7. The predicted octanol–water partition coefficient (Wildman–Crippen LogP) is 3.63. The highest BCUT2D eigenvalue weighted by atomic mass is 35.5. The Morgan fingerprint density at radius 1 is 1.43 bits per heavy atom. The topological polar surface area (TPSA) is 93.3 Å². The first kappa shape index (κ1) is 15.2. The van der Waals surface area contributed by atoms with E-state index in [9.17, 15) is 19.3 Å². The Labute approximate surface area is 126 Å². The van der Waals surface area contributed by atoms with Crippen LogP contribution in [0, 0.1) is 15.9 Å². The number of carbonyl (C=O) groups is 1. The van der Waals surface area contributed by atoms with Crippen LogP contribution in [-0.2, 0) is 0 Å². The number of nitrogens with zero attached hydrogens (tertiary/aromatic N) is 2. The summed E-state index contributed by atoms with van der Waals surface area (Å²) in [6.07, 6.45) is 1.35. The number of aromatic carboxylic acids is 1. The molecule has 1 aromatic heterocycles. The van der Waals surface area contributed by atoms with Crippen LogP contribution < -0.4 is 0 Å². The van der Waals surface area contributed by atoms with Gasteiger partial charge in [-0.05, 0) is 18.2 Å². The van der Waals surface area contributed by atoms with E-state index in [0.29, 0.717) is 16.1 Å². The van der Waals surface area contributed by atoms with Gasteiger partial charge in [-0.25, -0.2) is 14.2 Å². The highest BCUT2D eigenvalue weighted by Gasteiger charge is 2.23. The normalized spacial score (nSPS) is 10.4. The molecule has 1 aromatic carbocycles. The van der Waals surface area contributed by atoms with Crippen molar-refractivity contribution >= 4 is 35.0 Å². The Kier molecular flexibility index (Phi) is 4.39. The van der Waals surface area contributed by atoms with E-state index in [2.05, 4.69) is 4.98 Å². The van der Waals surface area contributed by atoms with Gasteiger partial charge in [-0.15, -0.1) is 0 Å². The zero-order chi connectivity index (χ0) is 15.6. The first-order chi connectivity index (χ1) is 9.88. The minimum atomic E-state index is -1.51. The van der Waals surface area contributed by atoms with Crippen LogP contribution in [0.1, 0.15) is 10.4 Å². The van der Waals surface area contributed by atoms with Gasteiger partial charge >= 0.3 is 5.97 Å². The zero-order valence-electron chi connectivity index (χ0n) is 10.1. The minimum Gasteiger partial charge on any atom is -0.477 e. The summed E-state index contributed by atoms with van der Waals surface area (Å²) >= 11 is 6.51. The molecule has 0 unspecified atom stereocenters. The molecule has 2 rings (SSSR count). The molecule has 0 saturated carbocycles. The van der Waals surface area contributed by atoms with Crippen molar-refractivity contribution in [2.45, 2.75) is 9.92 Å². The number of halogens is 2. The van der Waals surface area contributed by atoms with Crippen molar-refractivity contribution in [1.29, 1.82) is 0 Å². The van der Waals surface area contributed by atoms with Crippen LogP contribution in [0.25, 0.3) is 0 Å². The second-order valence-electron chi connectivity index (χ2n) is 3.78. The molecule has 21 heavy (non-hydrogen) atoms. The Hall–Kier alpha value is -2.19. The summed E-state index contributed by atoms with van der Waals surface area (Å²) in [5.74, 6) is -2.40. The van der Waals surface area contributed by atoms with Gasteiger partial charge in [-0.1, -0.05) is 23.4 Å². The molecule has 0 aliphatic heterocycles. The van der Waals surface area contributed by atoms with Crippen LogP contribution >= 0.6 is 23.4 Å². The average molecular weight is 329 g/mol. The standard InChI is InChI=1S/C12H6ClFN2O4S/c13-6-1-2-11(15-5-6)21-10-3-7(12(17)18)9(16(19)20)4-8(10)14/h1-5H,(H,17,18). The summed E-state index contributed by atoms with van der Waals surface area (Å²) in [6.45, 7) is 0. The van der Waals surface area contributed by atoms with E-state index in [-0.39, 0.29) is 4.90 Å². The molecule has 0 amide bonds. The van der Waals surface area contributed by atoms with Gasteiger partial charge in [0.15, 0.2) is 0 Å². The summed E-state index contributed by atoms with van der Waals surface area (Å²) in [4.78, 5) is 24.7. The third-order valence-electron chi connectivity index (χ3n) is 2.39. The molecule has 108 valence electrons. The van der Waals surface area contributed by atoms with Gasteiger partial charge in [0.1, 0.15) is 16.4 Å². The number of nitro groups is 1. The lowest BCUT2D eigenvalue weighted by molar-refractivity contribution is -0.385. The fourth-order valence-electron chi connectivity index (χ4n) is 1.48. The SMILES string of the molecule is O=C(O)c1cc(Sc2ccc(Cl)cn2)c(F)cc1[N+](=O)[O-]. The number of carboxylic acids is 1. The largest absolute Gasteiger partial charge is 0.477 e. The van der Waals surface area contributed by atoms with E-state index in [1.807, 2.05) is 0 Å². The summed E-state index contributed by atoms with van der Waals surface area (Å²) in [6, 6.07) is 4.56. The molecule has 0 aliphatic carbocycles. The number of aromatic nitrogens is 1. The first-order valence-electron chi connectivity index (χ1n) is 5.39. The van der Waals surface area contributed by atoms with Gasteiger partial charge in [0.25, 0.3) is 5.69 Å². The number of rotatable bonds is 4. The summed E-state index contributed by atoms with van der Waals surface area (Å²) < 4.78 is 13.8. The van der Waals surface area contributed by atoms with E-state index in [4.69, 9.17) is 16.7 Å². The van der Waals surface area contributed by atoms with Crippen LogP contribution in [0.4, 0.5) is 10.1 Å².